The summed E-state index contributed by atoms with van der Waals surface area (Å²) in [4.78, 5) is 0. The average Bonchev–Trinajstić information content (AvgIpc) is 2.23. The molecule has 0 rings (SSSR count). The predicted octanol–water partition coefficient (Wildman–Crippen LogP) is 3.61. The van der Waals surface area contributed by atoms with E-state index in [-0.39, 0.29) is 0 Å². The lowest BCUT2D eigenvalue weighted by Gasteiger charge is -2.25. The van der Waals surface area contributed by atoms with Crippen LogP contribution in [0.3, 0.4) is 0 Å². The summed E-state index contributed by atoms with van der Waals surface area (Å²) in [5, 5.41) is 3.53. The molecule has 0 amide bonds. The van der Waals surface area contributed by atoms with Crippen LogP contribution in [0.25, 0.3) is 0 Å². The fourth-order valence-electron chi connectivity index (χ4n) is 1.81. The van der Waals surface area contributed by atoms with Gasteiger partial charge in [0.1, 0.15) is 0 Å². The molecule has 1 N–H and O–H groups in total. The number of nitrogens with one attached hydrogen (secondary N) is 1. The molecule has 0 aromatic carbocycles. The molecule has 0 saturated heterocycles. The third kappa shape index (κ3) is 10.4. The van der Waals surface area contributed by atoms with E-state index < -0.39 is 0 Å². The molecule has 2 heteroatoms. The van der Waals surface area contributed by atoms with Crippen LogP contribution in [0.1, 0.15) is 59.8 Å². The Kier molecular flexibility index (Phi) is 10.0. The van der Waals surface area contributed by atoms with Crippen molar-refractivity contribution in [1.82, 2.24) is 5.32 Å². The van der Waals surface area contributed by atoms with E-state index in [2.05, 4.69) is 26.1 Å². The van der Waals surface area contributed by atoms with Crippen molar-refractivity contribution in [2.24, 2.45) is 5.41 Å². The predicted molar refractivity (Wildman–Crippen MR) is 71.9 cm³/mol. The van der Waals surface area contributed by atoms with Crippen molar-refractivity contribution in [2.45, 2.75) is 59.8 Å². The third-order valence-electron chi connectivity index (χ3n) is 2.91. The molecule has 0 spiro atoms. The summed E-state index contributed by atoms with van der Waals surface area (Å²) in [6.45, 7) is 13.0. The number of unbranched alkanes of at least 4 members (excludes halogenated alkanes) is 2. The maximum atomic E-state index is 5.31. The molecule has 0 aromatic rings. The van der Waals surface area contributed by atoms with E-state index in [0.29, 0.717) is 5.41 Å². The monoisotopic (exact) mass is 229 g/mol. The normalized spacial score (nSPS) is 12.0. The Balaban J connectivity index is 3.35. The first kappa shape index (κ1) is 15.9. The summed E-state index contributed by atoms with van der Waals surface area (Å²) >= 11 is 0. The van der Waals surface area contributed by atoms with Crippen LogP contribution >= 0.6 is 0 Å². The highest BCUT2D eigenvalue weighted by molar-refractivity contribution is 4.71. The first-order valence-corrected chi connectivity index (χ1v) is 6.91. The zero-order chi connectivity index (χ0) is 12.3. The molecule has 0 aliphatic rings. The highest BCUT2D eigenvalue weighted by Gasteiger charge is 2.16. The molecular formula is C14H31NO. The van der Waals surface area contributed by atoms with Crippen LogP contribution in [0.15, 0.2) is 0 Å². The summed E-state index contributed by atoms with van der Waals surface area (Å²) in [5.74, 6) is 0. The molecular weight excluding hydrogens is 198 g/mol. The van der Waals surface area contributed by atoms with Gasteiger partial charge in [-0.1, -0.05) is 40.0 Å². The second-order valence-electron chi connectivity index (χ2n) is 5.35. The molecule has 2 nitrogen and oxygen atoms in total. The third-order valence-corrected chi connectivity index (χ3v) is 2.91. The Morgan fingerprint density at radius 1 is 1.06 bits per heavy atom. The van der Waals surface area contributed by atoms with Crippen LogP contribution in [0.4, 0.5) is 0 Å². The summed E-state index contributed by atoms with van der Waals surface area (Å²) in [7, 11) is 0. The molecule has 98 valence electrons. The standard InChI is InChI=1S/C14H31NO/c1-5-7-8-10-14(3,4)13-15-11-9-12-16-6-2/h15H,5-13H2,1-4H3. The molecule has 0 aliphatic carbocycles. The lowest BCUT2D eigenvalue weighted by atomic mass is 9.87. The van der Waals surface area contributed by atoms with Gasteiger partial charge in [0.2, 0.25) is 0 Å². The number of rotatable bonds is 11. The second kappa shape index (κ2) is 10.1. The number of ether oxygens (including phenoxy) is 1. The largest absolute Gasteiger partial charge is 0.382 e. The molecule has 0 radical (unpaired) electrons. The topological polar surface area (TPSA) is 21.3 Å². The van der Waals surface area contributed by atoms with E-state index >= 15 is 0 Å². The number of hydrogen-bond donors (Lipinski definition) is 1. The first-order chi connectivity index (χ1) is 7.62. The van der Waals surface area contributed by atoms with Gasteiger partial charge in [0, 0.05) is 19.8 Å². The van der Waals surface area contributed by atoms with Gasteiger partial charge in [0.15, 0.2) is 0 Å². The van der Waals surface area contributed by atoms with Crippen molar-refractivity contribution in [2.75, 3.05) is 26.3 Å². The number of hydrogen-bond acceptors (Lipinski definition) is 2. The van der Waals surface area contributed by atoms with Gasteiger partial charge in [-0.2, -0.15) is 0 Å². The van der Waals surface area contributed by atoms with Crippen LogP contribution in [0.5, 0.6) is 0 Å². The molecule has 16 heavy (non-hydrogen) atoms. The van der Waals surface area contributed by atoms with Gasteiger partial charge < -0.3 is 10.1 Å². The van der Waals surface area contributed by atoms with Crippen molar-refractivity contribution in [1.29, 1.82) is 0 Å². The maximum absolute atomic E-state index is 5.31. The summed E-state index contributed by atoms with van der Waals surface area (Å²) in [6, 6.07) is 0. The molecule has 0 atom stereocenters. The average molecular weight is 229 g/mol. The van der Waals surface area contributed by atoms with Gasteiger partial charge in [-0.25, -0.2) is 0 Å². The smallest absolute Gasteiger partial charge is 0.0477 e. The van der Waals surface area contributed by atoms with Crippen LogP contribution in [-0.2, 0) is 4.74 Å². The van der Waals surface area contributed by atoms with E-state index in [1.165, 1.54) is 25.7 Å². The molecule has 0 aliphatic heterocycles. The minimum absolute atomic E-state index is 0.445. The fraction of sp³-hybridized carbons (Fsp3) is 1.00. The van der Waals surface area contributed by atoms with Crippen LogP contribution in [0.2, 0.25) is 0 Å². The van der Waals surface area contributed by atoms with Crippen LogP contribution < -0.4 is 5.32 Å². The highest BCUT2D eigenvalue weighted by atomic mass is 16.5. The van der Waals surface area contributed by atoms with E-state index in [4.69, 9.17) is 4.74 Å². The fourth-order valence-corrected chi connectivity index (χ4v) is 1.81. The van der Waals surface area contributed by atoms with Crippen molar-refractivity contribution < 1.29 is 4.74 Å². The molecule has 0 bridgehead atoms. The Bertz CT molecular complexity index is 146. The second-order valence-corrected chi connectivity index (χ2v) is 5.35. The molecule has 0 fully saturated rings. The molecule has 0 unspecified atom stereocenters. The Morgan fingerprint density at radius 3 is 2.44 bits per heavy atom. The van der Waals surface area contributed by atoms with Crippen molar-refractivity contribution >= 4 is 0 Å². The van der Waals surface area contributed by atoms with Crippen molar-refractivity contribution in [3.63, 3.8) is 0 Å². The van der Waals surface area contributed by atoms with Gasteiger partial charge >= 0.3 is 0 Å². The molecule has 0 saturated carbocycles. The molecule has 0 heterocycles. The Hall–Kier alpha value is -0.0800. The van der Waals surface area contributed by atoms with E-state index in [0.717, 1.165) is 32.7 Å². The lowest BCUT2D eigenvalue weighted by molar-refractivity contribution is 0.143. The zero-order valence-corrected chi connectivity index (χ0v) is 11.8. The van der Waals surface area contributed by atoms with Gasteiger partial charge in [-0.15, -0.1) is 0 Å². The van der Waals surface area contributed by atoms with Gasteiger partial charge in [-0.3, -0.25) is 0 Å². The summed E-state index contributed by atoms with van der Waals surface area (Å²) < 4.78 is 5.31. The minimum atomic E-state index is 0.445. The van der Waals surface area contributed by atoms with E-state index in [1.807, 2.05) is 6.92 Å². The van der Waals surface area contributed by atoms with Gasteiger partial charge in [-0.05, 0) is 31.7 Å². The van der Waals surface area contributed by atoms with E-state index in [1.54, 1.807) is 0 Å². The molecule has 0 aromatic heterocycles. The van der Waals surface area contributed by atoms with Crippen LogP contribution in [0, 0.1) is 5.41 Å². The Labute approximate surface area is 102 Å². The summed E-state index contributed by atoms with van der Waals surface area (Å²) in [6.07, 6.45) is 6.51. The highest BCUT2D eigenvalue weighted by Crippen LogP contribution is 2.22. The quantitative estimate of drug-likeness (QED) is 0.546. The first-order valence-electron chi connectivity index (χ1n) is 6.91. The Morgan fingerprint density at radius 2 is 1.81 bits per heavy atom. The maximum Gasteiger partial charge on any atom is 0.0477 e. The van der Waals surface area contributed by atoms with Crippen molar-refractivity contribution in [3.8, 4) is 0 Å². The van der Waals surface area contributed by atoms with Gasteiger partial charge in [0.25, 0.3) is 0 Å². The van der Waals surface area contributed by atoms with E-state index in [9.17, 15) is 0 Å². The zero-order valence-electron chi connectivity index (χ0n) is 11.8. The minimum Gasteiger partial charge on any atom is -0.382 e. The SMILES string of the molecule is CCCCCC(C)(C)CNCCCOCC. The lowest BCUT2D eigenvalue weighted by Crippen LogP contribution is -2.30. The summed E-state index contributed by atoms with van der Waals surface area (Å²) in [5.41, 5.74) is 0.445. The van der Waals surface area contributed by atoms with Crippen molar-refractivity contribution in [3.05, 3.63) is 0 Å². The van der Waals surface area contributed by atoms with Gasteiger partial charge in [0.05, 0.1) is 0 Å². The van der Waals surface area contributed by atoms with Crippen LogP contribution in [-0.4, -0.2) is 26.3 Å².